The summed E-state index contributed by atoms with van der Waals surface area (Å²) in [4.78, 5) is 21.0. The first-order valence-electron chi connectivity index (χ1n) is 11.4. The van der Waals surface area contributed by atoms with Gasteiger partial charge in [-0.15, -0.1) is 11.3 Å². The molecule has 0 unspecified atom stereocenters. The molecule has 0 atom stereocenters. The van der Waals surface area contributed by atoms with E-state index in [9.17, 15) is 13.2 Å². The number of carbonyl (C=O) groups is 1. The third-order valence-corrected chi connectivity index (χ3v) is 7.74. The fourth-order valence-corrected chi connectivity index (χ4v) is 5.74. The monoisotopic (exact) mass is 498 g/mol. The minimum absolute atomic E-state index is 0.236. The number of nitrogens with zero attached hydrogens (tertiary/aromatic N) is 3. The maximum absolute atomic E-state index is 12.9. The van der Waals surface area contributed by atoms with Crippen LogP contribution in [0.15, 0.2) is 71.2 Å². The van der Waals surface area contributed by atoms with E-state index in [0.717, 1.165) is 29.7 Å². The molecule has 0 aliphatic heterocycles. The SMILES string of the molecule is CCCN(CCC)S(=O)(=O)c1ccc(CCC=CC(=O)Nc2nc(-c3cccnc3)cs2)cc1. The smallest absolute Gasteiger partial charge is 0.249 e. The molecule has 2 heterocycles. The summed E-state index contributed by atoms with van der Waals surface area (Å²) in [5, 5.41) is 5.19. The van der Waals surface area contributed by atoms with Crippen LogP contribution in [0.3, 0.4) is 0 Å². The van der Waals surface area contributed by atoms with E-state index in [1.807, 2.05) is 43.5 Å². The van der Waals surface area contributed by atoms with E-state index in [2.05, 4.69) is 15.3 Å². The number of benzene rings is 1. The lowest BCUT2D eigenvalue weighted by Crippen LogP contribution is -2.32. The van der Waals surface area contributed by atoms with Gasteiger partial charge in [0.25, 0.3) is 0 Å². The number of hydrogen-bond acceptors (Lipinski definition) is 6. The molecule has 2 aromatic heterocycles. The first-order chi connectivity index (χ1) is 16.4. The summed E-state index contributed by atoms with van der Waals surface area (Å²) >= 11 is 1.36. The maximum Gasteiger partial charge on any atom is 0.249 e. The highest BCUT2D eigenvalue weighted by molar-refractivity contribution is 7.89. The lowest BCUT2D eigenvalue weighted by atomic mass is 10.1. The average molecular weight is 499 g/mol. The van der Waals surface area contributed by atoms with Gasteiger partial charge in [0.05, 0.1) is 10.6 Å². The van der Waals surface area contributed by atoms with Gasteiger partial charge in [-0.25, -0.2) is 13.4 Å². The number of pyridine rings is 1. The number of thiazole rings is 1. The van der Waals surface area contributed by atoms with E-state index in [1.54, 1.807) is 34.9 Å². The molecule has 0 bridgehead atoms. The van der Waals surface area contributed by atoms with Gasteiger partial charge < -0.3 is 0 Å². The van der Waals surface area contributed by atoms with Crippen molar-refractivity contribution in [2.45, 2.75) is 44.4 Å². The van der Waals surface area contributed by atoms with E-state index in [-0.39, 0.29) is 5.91 Å². The Labute approximate surface area is 205 Å². The number of nitrogens with one attached hydrogen (secondary N) is 1. The Morgan fingerprint density at radius 2 is 1.85 bits per heavy atom. The lowest BCUT2D eigenvalue weighted by molar-refractivity contribution is -0.111. The molecule has 0 saturated carbocycles. The summed E-state index contributed by atoms with van der Waals surface area (Å²) in [6.07, 6.45) is 9.67. The van der Waals surface area contributed by atoms with Crippen LogP contribution in [0.5, 0.6) is 0 Å². The first-order valence-corrected chi connectivity index (χ1v) is 13.7. The largest absolute Gasteiger partial charge is 0.298 e. The second kappa shape index (κ2) is 12.5. The van der Waals surface area contributed by atoms with Crippen molar-refractivity contribution in [3.63, 3.8) is 0 Å². The van der Waals surface area contributed by atoms with Crippen molar-refractivity contribution >= 4 is 32.4 Å². The molecular weight excluding hydrogens is 468 g/mol. The number of allylic oxidation sites excluding steroid dienone is 1. The van der Waals surface area contributed by atoms with Gasteiger partial charge in [-0.3, -0.25) is 15.1 Å². The van der Waals surface area contributed by atoms with Crippen LogP contribution in [0.2, 0.25) is 0 Å². The minimum atomic E-state index is -3.47. The number of hydrogen-bond donors (Lipinski definition) is 1. The number of aromatic nitrogens is 2. The quantitative estimate of drug-likeness (QED) is 0.349. The summed E-state index contributed by atoms with van der Waals surface area (Å²) in [6, 6.07) is 10.8. The molecule has 0 radical (unpaired) electrons. The first kappa shape index (κ1) is 25.7. The summed E-state index contributed by atoms with van der Waals surface area (Å²) < 4.78 is 27.3. The van der Waals surface area contributed by atoms with Gasteiger partial charge >= 0.3 is 0 Å². The number of amides is 1. The second-order valence-corrected chi connectivity index (χ2v) is 10.6. The number of aryl methyl sites for hydroxylation is 1. The Kier molecular flexibility index (Phi) is 9.50. The predicted octanol–water partition coefficient (Wildman–Crippen LogP) is 5.14. The molecule has 0 aliphatic carbocycles. The Morgan fingerprint density at radius 1 is 1.12 bits per heavy atom. The highest BCUT2D eigenvalue weighted by atomic mass is 32.2. The molecule has 1 N–H and O–H groups in total. The second-order valence-electron chi connectivity index (χ2n) is 7.76. The standard InChI is InChI=1S/C25H30N4O3S2/c1-3-16-29(17-4-2)34(31,32)22-13-11-20(12-14-22)8-5-6-10-24(30)28-25-27-23(19-33-25)21-9-7-15-26-18-21/h6-7,9-15,18-19H,3-5,8,16-17H2,1-2H3,(H,27,28,30). The Morgan fingerprint density at radius 3 is 2.50 bits per heavy atom. The van der Waals surface area contributed by atoms with E-state index in [0.29, 0.717) is 36.0 Å². The molecule has 7 nitrogen and oxygen atoms in total. The summed E-state index contributed by atoms with van der Waals surface area (Å²) in [7, 11) is -3.47. The summed E-state index contributed by atoms with van der Waals surface area (Å²) in [5.41, 5.74) is 2.69. The van der Waals surface area contributed by atoms with Gasteiger partial charge in [-0.05, 0) is 61.6 Å². The van der Waals surface area contributed by atoms with Crippen LogP contribution in [-0.4, -0.2) is 41.7 Å². The van der Waals surface area contributed by atoms with Crippen LogP contribution < -0.4 is 5.32 Å². The number of rotatable bonds is 12. The van der Waals surface area contributed by atoms with Gasteiger partial charge in [0.2, 0.25) is 15.9 Å². The molecule has 1 amide bonds. The van der Waals surface area contributed by atoms with Crippen LogP contribution in [-0.2, 0) is 21.2 Å². The topological polar surface area (TPSA) is 92.3 Å². The lowest BCUT2D eigenvalue weighted by Gasteiger charge is -2.21. The number of anilines is 1. The average Bonchev–Trinajstić information content (AvgIpc) is 3.31. The maximum atomic E-state index is 12.9. The summed E-state index contributed by atoms with van der Waals surface area (Å²) in [6.45, 7) is 5.00. The van der Waals surface area contributed by atoms with Gasteiger partial charge in [-0.2, -0.15) is 4.31 Å². The van der Waals surface area contributed by atoms with Crippen molar-refractivity contribution in [1.82, 2.24) is 14.3 Å². The molecule has 0 aliphatic rings. The van der Waals surface area contributed by atoms with E-state index >= 15 is 0 Å². The molecular formula is C25H30N4O3S2. The van der Waals surface area contributed by atoms with Gasteiger partial charge in [0.15, 0.2) is 5.13 Å². The zero-order valence-corrected chi connectivity index (χ0v) is 21.1. The van der Waals surface area contributed by atoms with Crippen molar-refractivity contribution in [1.29, 1.82) is 0 Å². The molecule has 3 aromatic rings. The molecule has 0 fully saturated rings. The van der Waals surface area contributed by atoms with Crippen LogP contribution in [0.1, 0.15) is 38.7 Å². The molecule has 0 saturated heterocycles. The van der Waals surface area contributed by atoms with Crippen molar-refractivity contribution in [3.05, 3.63) is 71.9 Å². The normalized spacial score (nSPS) is 11.9. The molecule has 180 valence electrons. The Balaban J connectivity index is 1.50. The van der Waals surface area contributed by atoms with Crippen molar-refractivity contribution in [3.8, 4) is 11.3 Å². The fraction of sp³-hybridized carbons (Fsp3) is 0.320. The van der Waals surface area contributed by atoms with Crippen LogP contribution >= 0.6 is 11.3 Å². The zero-order valence-electron chi connectivity index (χ0n) is 19.5. The molecule has 1 aromatic carbocycles. The minimum Gasteiger partial charge on any atom is -0.298 e. The third kappa shape index (κ3) is 7.06. The molecule has 34 heavy (non-hydrogen) atoms. The summed E-state index contributed by atoms with van der Waals surface area (Å²) in [5.74, 6) is -0.236. The van der Waals surface area contributed by atoms with Crippen molar-refractivity contribution in [2.24, 2.45) is 0 Å². The van der Waals surface area contributed by atoms with E-state index in [4.69, 9.17) is 0 Å². The predicted molar refractivity (Wildman–Crippen MR) is 137 cm³/mol. The Bertz CT molecular complexity index is 1180. The number of sulfonamides is 1. The molecule has 0 spiro atoms. The zero-order chi connectivity index (χ0) is 24.4. The van der Waals surface area contributed by atoms with Crippen molar-refractivity contribution in [2.75, 3.05) is 18.4 Å². The molecule has 3 rings (SSSR count). The highest BCUT2D eigenvalue weighted by Gasteiger charge is 2.22. The fourth-order valence-electron chi connectivity index (χ4n) is 3.39. The number of carbonyl (C=O) groups excluding carboxylic acids is 1. The van der Waals surface area contributed by atoms with Crippen molar-refractivity contribution < 1.29 is 13.2 Å². The Hall–Kier alpha value is -2.88. The third-order valence-electron chi connectivity index (χ3n) is 5.07. The van der Waals surface area contributed by atoms with Gasteiger partial charge in [-0.1, -0.05) is 32.1 Å². The molecule has 9 heteroatoms. The van der Waals surface area contributed by atoms with E-state index < -0.39 is 10.0 Å². The van der Waals surface area contributed by atoms with Gasteiger partial charge in [0, 0.05) is 36.4 Å². The van der Waals surface area contributed by atoms with Crippen LogP contribution in [0.25, 0.3) is 11.3 Å². The van der Waals surface area contributed by atoms with Crippen LogP contribution in [0.4, 0.5) is 5.13 Å². The highest BCUT2D eigenvalue weighted by Crippen LogP contribution is 2.24. The van der Waals surface area contributed by atoms with Gasteiger partial charge in [0.1, 0.15) is 0 Å². The van der Waals surface area contributed by atoms with Crippen LogP contribution in [0, 0.1) is 0 Å². The van der Waals surface area contributed by atoms with E-state index in [1.165, 1.54) is 17.4 Å².